The van der Waals surface area contributed by atoms with Gasteiger partial charge in [-0.15, -0.1) is 0 Å². The zero-order valence-corrected chi connectivity index (χ0v) is 10.8. The van der Waals surface area contributed by atoms with E-state index in [4.69, 9.17) is 5.26 Å². The lowest BCUT2D eigenvalue weighted by atomic mass is 10.1. The van der Waals surface area contributed by atoms with Crippen LogP contribution in [0.15, 0.2) is 36.5 Å². The van der Waals surface area contributed by atoms with Crippen LogP contribution in [-0.4, -0.2) is 4.98 Å². The van der Waals surface area contributed by atoms with Gasteiger partial charge in [0.15, 0.2) is 11.6 Å². The molecule has 2 rings (SSSR count). The van der Waals surface area contributed by atoms with E-state index in [0.717, 1.165) is 24.3 Å². The third-order valence-corrected chi connectivity index (χ3v) is 2.74. The summed E-state index contributed by atoms with van der Waals surface area (Å²) >= 11 is 0. The highest BCUT2D eigenvalue weighted by Gasteiger charge is 2.30. The Morgan fingerprint density at radius 3 is 2.32 bits per heavy atom. The lowest BCUT2D eigenvalue weighted by Gasteiger charge is -2.06. The van der Waals surface area contributed by atoms with Crippen LogP contribution in [0.1, 0.15) is 16.8 Å². The Balaban J connectivity index is 2.37. The first-order chi connectivity index (χ1) is 10.3. The van der Waals surface area contributed by atoms with Gasteiger partial charge in [-0.3, -0.25) is 4.98 Å². The number of hydrogen-bond acceptors (Lipinski definition) is 2. The van der Waals surface area contributed by atoms with Gasteiger partial charge in [0.2, 0.25) is 0 Å². The number of rotatable bonds is 2. The molecule has 1 aromatic heterocycles. The molecule has 0 spiro atoms. The molecule has 0 amide bonds. The number of hydrogen-bond donors (Lipinski definition) is 0. The Labute approximate surface area is 122 Å². The largest absolute Gasteiger partial charge is 0.417 e. The SMILES string of the molecule is N#C/C(=C/c1ccc(F)c(F)c1)c1ccc(C(F)(F)F)cn1. The molecule has 7 heteroatoms. The second-order valence-electron chi connectivity index (χ2n) is 4.27. The summed E-state index contributed by atoms with van der Waals surface area (Å²) in [5, 5.41) is 9.05. The molecule has 0 aliphatic carbocycles. The Hall–Kier alpha value is -2.75. The fraction of sp³-hybridized carbons (Fsp3) is 0.0667. The number of alkyl halides is 3. The molecule has 0 saturated heterocycles. The molecule has 0 bridgehead atoms. The topological polar surface area (TPSA) is 36.7 Å². The van der Waals surface area contributed by atoms with Gasteiger partial charge in [0.25, 0.3) is 0 Å². The molecule has 0 N–H and O–H groups in total. The van der Waals surface area contributed by atoms with Gasteiger partial charge in [-0.25, -0.2) is 8.78 Å². The maximum absolute atomic E-state index is 13.1. The van der Waals surface area contributed by atoms with E-state index in [1.54, 1.807) is 6.07 Å². The lowest BCUT2D eigenvalue weighted by molar-refractivity contribution is -0.137. The summed E-state index contributed by atoms with van der Waals surface area (Å²) in [7, 11) is 0. The van der Waals surface area contributed by atoms with Crippen LogP contribution in [0.25, 0.3) is 11.6 Å². The van der Waals surface area contributed by atoms with E-state index in [9.17, 15) is 22.0 Å². The van der Waals surface area contributed by atoms with Crippen molar-refractivity contribution >= 4 is 11.6 Å². The quantitative estimate of drug-likeness (QED) is 0.607. The Morgan fingerprint density at radius 1 is 1.09 bits per heavy atom. The van der Waals surface area contributed by atoms with E-state index in [-0.39, 0.29) is 16.8 Å². The molecule has 2 aromatic rings. The number of nitriles is 1. The van der Waals surface area contributed by atoms with Crippen molar-refractivity contribution in [2.24, 2.45) is 0 Å². The molecule has 0 radical (unpaired) electrons. The Bertz CT molecular complexity index is 755. The van der Waals surface area contributed by atoms with E-state index in [1.165, 1.54) is 12.1 Å². The molecular formula is C15H7F5N2. The molecule has 0 aliphatic heterocycles. The van der Waals surface area contributed by atoms with Crippen LogP contribution >= 0.6 is 0 Å². The van der Waals surface area contributed by atoms with E-state index < -0.39 is 23.4 Å². The normalized spacial score (nSPS) is 12.1. The van der Waals surface area contributed by atoms with Gasteiger partial charge in [0.05, 0.1) is 16.8 Å². The maximum atomic E-state index is 13.1. The highest BCUT2D eigenvalue weighted by molar-refractivity contribution is 5.88. The summed E-state index contributed by atoms with van der Waals surface area (Å²) < 4.78 is 63.2. The van der Waals surface area contributed by atoms with E-state index in [1.807, 2.05) is 0 Å². The summed E-state index contributed by atoms with van der Waals surface area (Å²) in [6.07, 6.45) is -2.72. The summed E-state index contributed by atoms with van der Waals surface area (Å²) in [5.74, 6) is -2.13. The molecule has 0 atom stereocenters. The zero-order chi connectivity index (χ0) is 16.3. The van der Waals surface area contributed by atoms with Crippen LogP contribution in [0.3, 0.4) is 0 Å². The van der Waals surface area contributed by atoms with Gasteiger partial charge < -0.3 is 0 Å². The molecule has 0 unspecified atom stereocenters. The third-order valence-electron chi connectivity index (χ3n) is 2.74. The summed E-state index contributed by atoms with van der Waals surface area (Å²) in [6, 6.07) is 6.58. The predicted molar refractivity (Wildman–Crippen MR) is 69.1 cm³/mol. The number of halogens is 5. The van der Waals surface area contributed by atoms with Crippen molar-refractivity contribution in [1.29, 1.82) is 5.26 Å². The highest BCUT2D eigenvalue weighted by atomic mass is 19.4. The van der Waals surface area contributed by atoms with Crippen molar-refractivity contribution in [3.05, 3.63) is 65.0 Å². The van der Waals surface area contributed by atoms with Gasteiger partial charge in [0.1, 0.15) is 6.07 Å². The monoisotopic (exact) mass is 310 g/mol. The first kappa shape index (κ1) is 15.6. The first-order valence-electron chi connectivity index (χ1n) is 5.92. The molecule has 1 heterocycles. The zero-order valence-electron chi connectivity index (χ0n) is 10.8. The number of nitrogens with zero attached hydrogens (tertiary/aromatic N) is 2. The fourth-order valence-electron chi connectivity index (χ4n) is 1.65. The second kappa shape index (κ2) is 5.93. The van der Waals surface area contributed by atoms with Crippen molar-refractivity contribution in [3.63, 3.8) is 0 Å². The minimum atomic E-state index is -4.53. The van der Waals surface area contributed by atoms with Gasteiger partial charge in [-0.2, -0.15) is 18.4 Å². The third kappa shape index (κ3) is 3.47. The average Bonchev–Trinajstić information content (AvgIpc) is 2.47. The Kier molecular flexibility index (Phi) is 4.22. The molecule has 0 aliphatic rings. The van der Waals surface area contributed by atoms with Crippen LogP contribution < -0.4 is 0 Å². The number of benzene rings is 1. The van der Waals surface area contributed by atoms with Crippen LogP contribution in [0.4, 0.5) is 22.0 Å². The fourth-order valence-corrected chi connectivity index (χ4v) is 1.65. The van der Waals surface area contributed by atoms with Crippen molar-refractivity contribution in [2.45, 2.75) is 6.18 Å². The van der Waals surface area contributed by atoms with Crippen LogP contribution in [0, 0.1) is 23.0 Å². The summed E-state index contributed by atoms with van der Waals surface area (Å²) in [4.78, 5) is 3.57. The first-order valence-corrected chi connectivity index (χ1v) is 5.92. The van der Waals surface area contributed by atoms with Gasteiger partial charge in [-0.1, -0.05) is 6.07 Å². The average molecular weight is 310 g/mol. The number of aromatic nitrogens is 1. The van der Waals surface area contributed by atoms with Crippen molar-refractivity contribution in [1.82, 2.24) is 4.98 Å². The van der Waals surface area contributed by atoms with Gasteiger partial charge >= 0.3 is 6.18 Å². The van der Waals surface area contributed by atoms with Gasteiger partial charge in [0, 0.05) is 6.20 Å². The molecular weight excluding hydrogens is 303 g/mol. The Morgan fingerprint density at radius 2 is 1.82 bits per heavy atom. The molecule has 0 fully saturated rings. The van der Waals surface area contributed by atoms with Crippen LogP contribution in [0.5, 0.6) is 0 Å². The van der Waals surface area contributed by atoms with Crippen molar-refractivity contribution in [2.75, 3.05) is 0 Å². The van der Waals surface area contributed by atoms with Crippen LogP contribution in [-0.2, 0) is 6.18 Å². The van der Waals surface area contributed by atoms with E-state index in [2.05, 4.69) is 4.98 Å². The van der Waals surface area contributed by atoms with Crippen LogP contribution in [0.2, 0.25) is 0 Å². The minimum absolute atomic E-state index is 0.000216. The highest BCUT2D eigenvalue weighted by Crippen LogP contribution is 2.29. The smallest absolute Gasteiger partial charge is 0.255 e. The number of pyridine rings is 1. The maximum Gasteiger partial charge on any atom is 0.417 e. The molecule has 0 saturated carbocycles. The predicted octanol–water partition coefficient (Wildman–Crippen LogP) is 4.44. The van der Waals surface area contributed by atoms with E-state index >= 15 is 0 Å². The minimum Gasteiger partial charge on any atom is -0.255 e. The van der Waals surface area contributed by atoms with E-state index in [0.29, 0.717) is 6.20 Å². The molecule has 2 nitrogen and oxygen atoms in total. The molecule has 22 heavy (non-hydrogen) atoms. The standard InChI is InChI=1S/C15H7F5N2/c16-12-3-1-9(6-13(12)17)5-10(7-21)14-4-2-11(8-22-14)15(18,19)20/h1-6,8H/b10-5-. The van der Waals surface area contributed by atoms with Crippen molar-refractivity contribution in [3.8, 4) is 6.07 Å². The summed E-state index contributed by atoms with van der Waals surface area (Å²) in [5.41, 5.74) is -0.821. The molecule has 112 valence electrons. The summed E-state index contributed by atoms with van der Waals surface area (Å²) in [6.45, 7) is 0. The van der Waals surface area contributed by atoms with Crippen molar-refractivity contribution < 1.29 is 22.0 Å². The van der Waals surface area contributed by atoms with Gasteiger partial charge in [-0.05, 0) is 35.9 Å². The lowest BCUT2D eigenvalue weighted by Crippen LogP contribution is -2.05. The number of allylic oxidation sites excluding steroid dienone is 1. The second-order valence-corrected chi connectivity index (χ2v) is 4.27. The molecule has 1 aromatic carbocycles.